The number of rotatable bonds is 6. The number of unbranched alkanes of at least 4 members (excludes halogenated alkanes) is 2. The van der Waals surface area contributed by atoms with Crippen LogP contribution in [0.2, 0.25) is 0 Å². The van der Waals surface area contributed by atoms with Gasteiger partial charge in [0.2, 0.25) is 0 Å². The van der Waals surface area contributed by atoms with Crippen LogP contribution in [0.15, 0.2) is 78.4 Å². The summed E-state index contributed by atoms with van der Waals surface area (Å²) in [7, 11) is -2.73. The Bertz CT molecular complexity index is 1330. The van der Waals surface area contributed by atoms with Crippen molar-refractivity contribution in [1.82, 2.24) is 0 Å². The maximum absolute atomic E-state index is 3.90. The summed E-state index contributed by atoms with van der Waals surface area (Å²) in [6, 6.07) is 24.4. The number of allylic oxidation sites excluding steroid dienone is 2. The number of hydrogen-bond acceptors (Lipinski definition) is 0. The summed E-state index contributed by atoms with van der Waals surface area (Å²) in [5.41, 5.74) is 15.5. The van der Waals surface area contributed by atoms with Crippen molar-refractivity contribution in [2.75, 3.05) is 0 Å². The normalized spacial score (nSPS) is 14.4. The van der Waals surface area contributed by atoms with Gasteiger partial charge in [-0.05, 0) is 104 Å². The number of hydrogen-bond donors (Lipinski definition) is 0. The minimum atomic E-state index is -2.73. The predicted molar refractivity (Wildman–Crippen MR) is 163 cm³/mol. The third-order valence-electron chi connectivity index (χ3n) is 7.38. The molecule has 1 unspecified atom stereocenters. The number of aryl methyl sites for hydroxylation is 4. The van der Waals surface area contributed by atoms with Crippen LogP contribution in [0.1, 0.15) is 79.7 Å². The molecular formula is C36H40Si. The molecule has 0 radical (unpaired) electrons. The lowest BCUT2D eigenvalue weighted by atomic mass is 10.0. The molecule has 0 aliphatic heterocycles. The SMILES string of the molecule is CCCCCc1ccc(C#C[Si](C#CC2=CCCCC2)(c2ccccc2)c2c(C)cc(C)cc2C)cc1. The van der Waals surface area contributed by atoms with Crippen LogP contribution in [0.5, 0.6) is 0 Å². The van der Waals surface area contributed by atoms with Crippen LogP contribution in [0.4, 0.5) is 0 Å². The lowest BCUT2D eigenvalue weighted by Crippen LogP contribution is -2.59. The first-order chi connectivity index (χ1) is 18.0. The van der Waals surface area contributed by atoms with Gasteiger partial charge in [-0.25, -0.2) is 0 Å². The van der Waals surface area contributed by atoms with Crippen molar-refractivity contribution >= 4 is 18.4 Å². The van der Waals surface area contributed by atoms with Gasteiger partial charge in [-0.3, -0.25) is 0 Å². The van der Waals surface area contributed by atoms with Gasteiger partial charge in [0.1, 0.15) is 0 Å². The Hall–Kier alpha value is -3.26. The molecule has 0 heterocycles. The molecule has 0 saturated carbocycles. The molecule has 3 aromatic carbocycles. The summed E-state index contributed by atoms with van der Waals surface area (Å²) >= 11 is 0. The predicted octanol–water partition coefficient (Wildman–Crippen LogP) is 7.54. The van der Waals surface area contributed by atoms with Crippen LogP contribution in [0.3, 0.4) is 0 Å². The Balaban J connectivity index is 1.87. The van der Waals surface area contributed by atoms with Crippen LogP contribution in [-0.4, -0.2) is 8.07 Å². The van der Waals surface area contributed by atoms with Crippen molar-refractivity contribution in [3.05, 3.63) is 106 Å². The fourth-order valence-electron chi connectivity index (χ4n) is 5.53. The van der Waals surface area contributed by atoms with E-state index in [0.717, 1.165) is 24.8 Å². The van der Waals surface area contributed by atoms with Crippen molar-refractivity contribution in [2.45, 2.75) is 79.1 Å². The van der Waals surface area contributed by atoms with E-state index in [1.165, 1.54) is 70.3 Å². The van der Waals surface area contributed by atoms with Crippen molar-refractivity contribution in [1.29, 1.82) is 0 Å². The molecule has 0 N–H and O–H groups in total. The molecule has 3 aromatic rings. The third-order valence-corrected chi connectivity index (χ3v) is 11.1. The van der Waals surface area contributed by atoms with E-state index in [9.17, 15) is 0 Å². The third kappa shape index (κ3) is 6.74. The molecule has 0 nitrogen and oxygen atoms in total. The quantitative estimate of drug-likeness (QED) is 0.186. The zero-order chi connectivity index (χ0) is 26.1. The van der Waals surface area contributed by atoms with Crippen LogP contribution < -0.4 is 10.4 Å². The second-order valence-electron chi connectivity index (χ2n) is 10.5. The van der Waals surface area contributed by atoms with E-state index in [0.29, 0.717) is 0 Å². The summed E-state index contributed by atoms with van der Waals surface area (Å²) in [6.45, 7) is 8.93. The molecule has 0 saturated heterocycles. The summed E-state index contributed by atoms with van der Waals surface area (Å²) < 4.78 is 0. The first kappa shape index (κ1) is 26.8. The summed E-state index contributed by atoms with van der Waals surface area (Å²) in [5.74, 6) is 7.30. The molecule has 4 rings (SSSR count). The Morgan fingerprint density at radius 1 is 0.784 bits per heavy atom. The van der Waals surface area contributed by atoms with E-state index in [4.69, 9.17) is 0 Å². The minimum Gasteiger partial charge on any atom is -0.0993 e. The molecule has 188 valence electrons. The van der Waals surface area contributed by atoms with Gasteiger partial charge < -0.3 is 0 Å². The summed E-state index contributed by atoms with van der Waals surface area (Å²) in [6.07, 6.45) is 12.0. The fourth-order valence-corrected chi connectivity index (χ4v) is 9.12. The van der Waals surface area contributed by atoms with E-state index < -0.39 is 8.07 Å². The van der Waals surface area contributed by atoms with Gasteiger partial charge in [-0.2, -0.15) is 0 Å². The highest BCUT2D eigenvalue weighted by atomic mass is 28.3. The maximum Gasteiger partial charge on any atom is 0.277 e. The van der Waals surface area contributed by atoms with E-state index in [-0.39, 0.29) is 0 Å². The molecule has 1 heteroatoms. The highest BCUT2D eigenvalue weighted by Gasteiger charge is 2.37. The molecule has 0 amide bonds. The smallest absolute Gasteiger partial charge is 0.0993 e. The van der Waals surface area contributed by atoms with Crippen molar-refractivity contribution in [2.24, 2.45) is 0 Å². The van der Waals surface area contributed by atoms with E-state index in [1.807, 2.05) is 0 Å². The lowest BCUT2D eigenvalue weighted by Gasteiger charge is -2.26. The first-order valence-corrected chi connectivity index (χ1v) is 16.0. The largest absolute Gasteiger partial charge is 0.277 e. The Morgan fingerprint density at radius 3 is 2.14 bits per heavy atom. The van der Waals surface area contributed by atoms with Gasteiger partial charge in [-0.15, -0.1) is 0 Å². The van der Waals surface area contributed by atoms with Gasteiger partial charge in [-0.1, -0.05) is 109 Å². The summed E-state index contributed by atoms with van der Waals surface area (Å²) in [4.78, 5) is 0. The topological polar surface area (TPSA) is 0 Å². The van der Waals surface area contributed by atoms with Gasteiger partial charge in [0.05, 0.1) is 0 Å². The highest BCUT2D eigenvalue weighted by molar-refractivity contribution is 7.14. The minimum absolute atomic E-state index is 1.08. The maximum atomic E-state index is 3.90. The molecule has 1 aliphatic rings. The molecule has 1 atom stereocenters. The highest BCUT2D eigenvalue weighted by Crippen LogP contribution is 2.18. The standard InChI is InChI=1S/C36H40Si/c1-5-6-9-14-33-19-21-34(22-20-33)24-26-37(35-17-12-8-13-18-35,25-23-32-15-10-7-11-16-32)36-30(3)27-29(2)28-31(36)4/h8,12-13,15,17-22,27-28H,5-7,9-11,14,16H2,1-4H3. The average molecular weight is 501 g/mol. The molecule has 1 aliphatic carbocycles. The van der Waals surface area contributed by atoms with Crippen molar-refractivity contribution in [3.8, 4) is 22.9 Å². The molecule has 0 spiro atoms. The summed E-state index contributed by atoms with van der Waals surface area (Å²) in [5, 5.41) is 2.63. The molecular weight excluding hydrogens is 460 g/mol. The van der Waals surface area contributed by atoms with E-state index in [2.05, 4.69) is 123 Å². The zero-order valence-electron chi connectivity index (χ0n) is 23.1. The van der Waals surface area contributed by atoms with Gasteiger partial charge in [0.25, 0.3) is 8.07 Å². The molecule has 37 heavy (non-hydrogen) atoms. The van der Waals surface area contributed by atoms with E-state index in [1.54, 1.807) is 0 Å². The van der Waals surface area contributed by atoms with Gasteiger partial charge in [0, 0.05) is 5.56 Å². The van der Waals surface area contributed by atoms with Crippen LogP contribution >= 0.6 is 0 Å². The molecule has 0 aromatic heterocycles. The first-order valence-electron chi connectivity index (χ1n) is 14.0. The number of benzene rings is 3. The average Bonchev–Trinajstić information content (AvgIpc) is 2.91. The Morgan fingerprint density at radius 2 is 1.49 bits per heavy atom. The van der Waals surface area contributed by atoms with Crippen LogP contribution in [0.25, 0.3) is 0 Å². The molecule has 0 fully saturated rings. The van der Waals surface area contributed by atoms with Crippen molar-refractivity contribution in [3.63, 3.8) is 0 Å². The molecule has 0 bridgehead atoms. The zero-order valence-corrected chi connectivity index (χ0v) is 24.1. The Kier molecular flexibility index (Phi) is 9.27. The lowest BCUT2D eigenvalue weighted by molar-refractivity contribution is 0.715. The van der Waals surface area contributed by atoms with E-state index >= 15 is 0 Å². The fraction of sp³-hybridized carbons (Fsp3) is 0.333. The Labute approximate surface area is 226 Å². The second kappa shape index (κ2) is 12.8. The van der Waals surface area contributed by atoms with Gasteiger partial charge >= 0.3 is 0 Å². The van der Waals surface area contributed by atoms with Crippen LogP contribution in [-0.2, 0) is 6.42 Å². The van der Waals surface area contributed by atoms with Gasteiger partial charge in [0.15, 0.2) is 0 Å². The van der Waals surface area contributed by atoms with Crippen LogP contribution in [0, 0.1) is 43.7 Å². The monoisotopic (exact) mass is 500 g/mol. The second-order valence-corrected chi connectivity index (χ2v) is 13.6. The van der Waals surface area contributed by atoms with Crippen molar-refractivity contribution < 1.29 is 0 Å².